The van der Waals surface area contributed by atoms with E-state index in [0.29, 0.717) is 9.49 Å². The summed E-state index contributed by atoms with van der Waals surface area (Å²) in [6.45, 7) is 2.02. The van der Waals surface area contributed by atoms with Crippen molar-refractivity contribution in [2.45, 2.75) is 30.7 Å². The summed E-state index contributed by atoms with van der Waals surface area (Å²) >= 11 is 1.87. The minimum atomic E-state index is -3.63. The Hall–Kier alpha value is -0.670. The van der Waals surface area contributed by atoms with Gasteiger partial charge >= 0.3 is 5.97 Å². The maximum Gasteiger partial charge on any atom is 0.336 e. The Bertz CT molecular complexity index is 614. The highest BCUT2D eigenvalue weighted by Gasteiger charge is 2.38. The highest BCUT2D eigenvalue weighted by Crippen LogP contribution is 2.34. The van der Waals surface area contributed by atoms with Gasteiger partial charge in [0.15, 0.2) is 0 Å². The van der Waals surface area contributed by atoms with Crippen LogP contribution in [0.4, 0.5) is 0 Å². The van der Waals surface area contributed by atoms with E-state index in [9.17, 15) is 13.2 Å². The smallest absolute Gasteiger partial charge is 0.336 e. The van der Waals surface area contributed by atoms with Crippen molar-refractivity contribution in [1.82, 2.24) is 4.72 Å². The Morgan fingerprint density at radius 1 is 1.53 bits per heavy atom. The molecule has 2 rings (SSSR count). The molecule has 0 radical (unpaired) electrons. The van der Waals surface area contributed by atoms with E-state index in [2.05, 4.69) is 4.72 Å². The first-order valence-corrected chi connectivity index (χ1v) is 8.46. The molecule has 0 saturated heterocycles. The van der Waals surface area contributed by atoms with Crippen LogP contribution < -0.4 is 4.72 Å². The molecule has 2 atom stereocenters. The Balaban J connectivity index is 2.26. The number of nitrogens with one attached hydrogen (secondary N) is 1. The number of rotatable bonds is 5. The van der Waals surface area contributed by atoms with Crippen LogP contribution in [0.3, 0.4) is 0 Å². The minimum Gasteiger partial charge on any atom is -0.478 e. The first-order valence-electron chi connectivity index (χ1n) is 5.90. The standard InChI is InChI=1S/C12H14INO4S/c1-2-7-5-11(7)14-19(17,18)8-3-4-10(13)9(6-8)12(15)16/h3-4,6-7,11,14H,2,5H2,1H3,(H,15,16). The Kier molecular flexibility index (Phi) is 4.17. The van der Waals surface area contributed by atoms with Gasteiger partial charge in [0.2, 0.25) is 10.0 Å². The molecule has 0 amide bonds. The Morgan fingerprint density at radius 3 is 2.74 bits per heavy atom. The fourth-order valence-electron chi connectivity index (χ4n) is 1.95. The van der Waals surface area contributed by atoms with Crippen molar-refractivity contribution >= 4 is 38.6 Å². The van der Waals surface area contributed by atoms with Crippen LogP contribution in [-0.2, 0) is 10.0 Å². The number of sulfonamides is 1. The zero-order chi connectivity index (χ0) is 14.2. The lowest BCUT2D eigenvalue weighted by molar-refractivity contribution is 0.0695. The van der Waals surface area contributed by atoms with Crippen LogP contribution in [0, 0.1) is 9.49 Å². The van der Waals surface area contributed by atoms with Crippen LogP contribution >= 0.6 is 22.6 Å². The zero-order valence-corrected chi connectivity index (χ0v) is 13.2. The summed E-state index contributed by atoms with van der Waals surface area (Å²) in [5.74, 6) is -0.725. The van der Waals surface area contributed by atoms with Crippen molar-refractivity contribution in [3.63, 3.8) is 0 Å². The molecule has 2 N–H and O–H groups in total. The molecule has 1 saturated carbocycles. The molecule has 19 heavy (non-hydrogen) atoms. The van der Waals surface area contributed by atoms with Crippen LogP contribution in [0.2, 0.25) is 0 Å². The van der Waals surface area contributed by atoms with Gasteiger partial charge in [0.05, 0.1) is 10.5 Å². The monoisotopic (exact) mass is 395 g/mol. The molecule has 0 aliphatic heterocycles. The third-order valence-electron chi connectivity index (χ3n) is 3.23. The molecule has 1 aromatic rings. The molecule has 0 heterocycles. The second kappa shape index (κ2) is 5.37. The molecular weight excluding hydrogens is 381 g/mol. The number of hydrogen-bond acceptors (Lipinski definition) is 3. The number of hydrogen-bond donors (Lipinski definition) is 2. The van der Waals surface area contributed by atoms with E-state index in [0.717, 1.165) is 12.8 Å². The van der Waals surface area contributed by atoms with Crippen molar-refractivity contribution in [3.05, 3.63) is 27.3 Å². The van der Waals surface area contributed by atoms with Gasteiger partial charge in [0, 0.05) is 9.61 Å². The molecule has 2 unspecified atom stereocenters. The van der Waals surface area contributed by atoms with Gasteiger partial charge in [-0.05, 0) is 53.1 Å². The first kappa shape index (κ1) is 14.7. The molecule has 104 valence electrons. The van der Waals surface area contributed by atoms with Crippen molar-refractivity contribution < 1.29 is 18.3 Å². The van der Waals surface area contributed by atoms with Crippen LogP contribution in [0.25, 0.3) is 0 Å². The van der Waals surface area contributed by atoms with Crippen molar-refractivity contribution in [2.24, 2.45) is 5.92 Å². The van der Waals surface area contributed by atoms with Gasteiger partial charge < -0.3 is 5.11 Å². The summed E-state index contributed by atoms with van der Waals surface area (Å²) in [6.07, 6.45) is 1.80. The van der Waals surface area contributed by atoms with Gasteiger partial charge in [0.25, 0.3) is 0 Å². The van der Waals surface area contributed by atoms with Crippen LogP contribution in [0.15, 0.2) is 23.1 Å². The summed E-state index contributed by atoms with van der Waals surface area (Å²) in [5, 5.41) is 9.01. The maximum atomic E-state index is 12.1. The molecule has 0 spiro atoms. The number of aromatic carboxylic acids is 1. The second-order valence-corrected chi connectivity index (χ2v) is 7.45. The van der Waals surface area contributed by atoms with Gasteiger partial charge in [-0.1, -0.05) is 13.3 Å². The second-order valence-electron chi connectivity index (χ2n) is 4.58. The van der Waals surface area contributed by atoms with Crippen molar-refractivity contribution in [1.29, 1.82) is 0 Å². The van der Waals surface area contributed by atoms with Gasteiger partial charge in [-0.25, -0.2) is 17.9 Å². The highest BCUT2D eigenvalue weighted by molar-refractivity contribution is 14.1. The molecule has 1 aromatic carbocycles. The van der Waals surface area contributed by atoms with E-state index in [1.807, 2.05) is 29.5 Å². The summed E-state index contributed by atoms with van der Waals surface area (Å²) < 4.78 is 27.4. The average Bonchev–Trinajstić information content (AvgIpc) is 3.06. The first-order chi connectivity index (χ1) is 8.85. The summed E-state index contributed by atoms with van der Waals surface area (Å²) in [4.78, 5) is 11.0. The van der Waals surface area contributed by atoms with Crippen LogP contribution in [0.1, 0.15) is 30.1 Å². The average molecular weight is 395 g/mol. The minimum absolute atomic E-state index is 0.00585. The lowest BCUT2D eigenvalue weighted by Crippen LogP contribution is -2.27. The fraction of sp³-hybridized carbons (Fsp3) is 0.417. The van der Waals surface area contributed by atoms with Gasteiger partial charge in [0.1, 0.15) is 0 Å². The number of carboxylic acid groups (broad SMARTS) is 1. The lowest BCUT2D eigenvalue weighted by atomic mass is 10.2. The quantitative estimate of drug-likeness (QED) is 0.748. The molecule has 1 aliphatic carbocycles. The predicted octanol–water partition coefficient (Wildman–Crippen LogP) is 2.07. The van der Waals surface area contributed by atoms with Crippen LogP contribution in [-0.4, -0.2) is 25.5 Å². The molecule has 5 nitrogen and oxygen atoms in total. The molecule has 1 fully saturated rings. The summed E-state index contributed by atoms with van der Waals surface area (Å²) in [7, 11) is -3.63. The van der Waals surface area contributed by atoms with Gasteiger partial charge in [-0.2, -0.15) is 0 Å². The molecule has 1 aliphatic rings. The highest BCUT2D eigenvalue weighted by atomic mass is 127. The maximum absolute atomic E-state index is 12.1. The molecule has 7 heteroatoms. The number of benzene rings is 1. The predicted molar refractivity (Wildman–Crippen MR) is 78.6 cm³/mol. The SMILES string of the molecule is CCC1CC1NS(=O)(=O)c1ccc(I)c(C(=O)O)c1. The van der Waals surface area contributed by atoms with E-state index in [1.165, 1.54) is 18.2 Å². The third kappa shape index (κ3) is 3.26. The molecule has 0 bridgehead atoms. The number of carboxylic acids is 1. The molecular formula is C12H14INO4S. The van der Waals surface area contributed by atoms with E-state index in [1.54, 1.807) is 0 Å². The lowest BCUT2D eigenvalue weighted by Gasteiger charge is -2.08. The largest absolute Gasteiger partial charge is 0.478 e. The van der Waals surface area contributed by atoms with Gasteiger partial charge in [-0.15, -0.1) is 0 Å². The topological polar surface area (TPSA) is 83.5 Å². The normalized spacial score (nSPS) is 22.2. The van der Waals surface area contributed by atoms with E-state index >= 15 is 0 Å². The van der Waals surface area contributed by atoms with Crippen molar-refractivity contribution in [2.75, 3.05) is 0 Å². The number of halogens is 1. The number of carbonyl (C=O) groups is 1. The van der Waals surface area contributed by atoms with Crippen molar-refractivity contribution in [3.8, 4) is 0 Å². The van der Waals surface area contributed by atoms with Gasteiger partial charge in [-0.3, -0.25) is 0 Å². The van der Waals surface area contributed by atoms with E-state index in [-0.39, 0.29) is 16.5 Å². The summed E-state index contributed by atoms with van der Waals surface area (Å²) in [6, 6.07) is 4.13. The Morgan fingerprint density at radius 2 is 2.21 bits per heavy atom. The summed E-state index contributed by atoms with van der Waals surface area (Å²) in [5.41, 5.74) is 0.00585. The van der Waals surface area contributed by atoms with Crippen LogP contribution in [0.5, 0.6) is 0 Å². The van der Waals surface area contributed by atoms with E-state index < -0.39 is 16.0 Å². The van der Waals surface area contributed by atoms with E-state index in [4.69, 9.17) is 5.11 Å². The Labute approximate surface area is 125 Å². The molecule has 0 aromatic heterocycles. The fourth-order valence-corrected chi connectivity index (χ4v) is 3.86. The zero-order valence-electron chi connectivity index (χ0n) is 10.3. The third-order valence-corrected chi connectivity index (χ3v) is 5.66.